The van der Waals surface area contributed by atoms with Gasteiger partial charge in [0.2, 0.25) is 5.82 Å². The third kappa shape index (κ3) is 3.04. The molecule has 1 aromatic rings. The van der Waals surface area contributed by atoms with Crippen LogP contribution in [0.2, 0.25) is 0 Å². The lowest BCUT2D eigenvalue weighted by atomic mass is 9.83. The summed E-state index contributed by atoms with van der Waals surface area (Å²) in [5.74, 6) is 0.129. The lowest BCUT2D eigenvalue weighted by Crippen LogP contribution is -2.41. The SMILES string of the molecule is CCC(CC)(CO)CNc1nn(C)c(=O)n(C)c1=O. The quantitative estimate of drug-likeness (QED) is 0.740. The van der Waals surface area contributed by atoms with E-state index >= 15 is 0 Å². The summed E-state index contributed by atoms with van der Waals surface area (Å²) >= 11 is 0. The van der Waals surface area contributed by atoms with E-state index in [9.17, 15) is 14.7 Å². The van der Waals surface area contributed by atoms with Gasteiger partial charge in [0, 0.05) is 26.1 Å². The zero-order chi connectivity index (χ0) is 14.6. The van der Waals surface area contributed by atoms with Crippen LogP contribution < -0.4 is 16.6 Å². The average molecular weight is 270 g/mol. The number of hydrogen-bond donors (Lipinski definition) is 2. The maximum atomic E-state index is 11.9. The minimum absolute atomic E-state index is 0.0408. The van der Waals surface area contributed by atoms with Gasteiger partial charge in [0.25, 0.3) is 5.56 Å². The predicted octanol–water partition coefficient (Wildman–Crippen LogP) is -0.310. The van der Waals surface area contributed by atoms with Crippen molar-refractivity contribution in [3.8, 4) is 0 Å². The largest absolute Gasteiger partial charge is 0.396 e. The Kier molecular flexibility index (Phi) is 4.88. The Hall–Kier alpha value is -1.63. The third-order valence-electron chi connectivity index (χ3n) is 3.79. The van der Waals surface area contributed by atoms with Crippen LogP contribution in [-0.4, -0.2) is 32.6 Å². The number of anilines is 1. The van der Waals surface area contributed by atoms with Crippen molar-refractivity contribution in [2.45, 2.75) is 26.7 Å². The summed E-state index contributed by atoms with van der Waals surface area (Å²) in [7, 11) is 2.91. The lowest BCUT2D eigenvalue weighted by molar-refractivity contribution is 0.127. The van der Waals surface area contributed by atoms with Crippen LogP contribution in [0.15, 0.2) is 9.59 Å². The van der Waals surface area contributed by atoms with E-state index in [-0.39, 0.29) is 17.8 Å². The number of nitrogens with one attached hydrogen (secondary N) is 1. The summed E-state index contributed by atoms with van der Waals surface area (Å²) in [6, 6.07) is 0. The summed E-state index contributed by atoms with van der Waals surface area (Å²) in [5.41, 5.74) is -1.20. The van der Waals surface area contributed by atoms with Crippen molar-refractivity contribution in [2.24, 2.45) is 19.5 Å². The molecule has 0 atom stereocenters. The van der Waals surface area contributed by atoms with Gasteiger partial charge in [-0.1, -0.05) is 13.8 Å². The highest BCUT2D eigenvalue weighted by Crippen LogP contribution is 2.25. The van der Waals surface area contributed by atoms with Crippen LogP contribution in [0.25, 0.3) is 0 Å². The van der Waals surface area contributed by atoms with Gasteiger partial charge in [-0.15, -0.1) is 5.10 Å². The van der Waals surface area contributed by atoms with Crippen molar-refractivity contribution >= 4 is 5.82 Å². The zero-order valence-corrected chi connectivity index (χ0v) is 11.9. The highest BCUT2D eigenvalue weighted by atomic mass is 16.3. The molecule has 7 heteroatoms. The normalized spacial score (nSPS) is 11.6. The van der Waals surface area contributed by atoms with E-state index in [2.05, 4.69) is 10.4 Å². The number of aryl methyl sites for hydroxylation is 1. The van der Waals surface area contributed by atoms with E-state index in [1.165, 1.54) is 14.1 Å². The fourth-order valence-corrected chi connectivity index (χ4v) is 1.86. The summed E-state index contributed by atoms with van der Waals surface area (Å²) in [5, 5.41) is 16.3. The summed E-state index contributed by atoms with van der Waals surface area (Å²) < 4.78 is 2.12. The van der Waals surface area contributed by atoms with Crippen molar-refractivity contribution in [3.63, 3.8) is 0 Å². The van der Waals surface area contributed by atoms with Gasteiger partial charge in [0.15, 0.2) is 0 Å². The minimum atomic E-state index is -0.463. The van der Waals surface area contributed by atoms with Gasteiger partial charge in [0.05, 0.1) is 6.61 Å². The second-order valence-electron chi connectivity index (χ2n) is 4.84. The van der Waals surface area contributed by atoms with Gasteiger partial charge in [-0.3, -0.25) is 9.36 Å². The van der Waals surface area contributed by atoms with E-state index < -0.39 is 11.2 Å². The Balaban J connectivity index is 3.02. The molecule has 0 aliphatic heterocycles. The maximum Gasteiger partial charge on any atom is 0.346 e. The third-order valence-corrected chi connectivity index (χ3v) is 3.79. The smallest absolute Gasteiger partial charge is 0.346 e. The predicted molar refractivity (Wildman–Crippen MR) is 73.3 cm³/mol. The molecule has 108 valence electrons. The van der Waals surface area contributed by atoms with Gasteiger partial charge in [-0.25, -0.2) is 9.48 Å². The van der Waals surface area contributed by atoms with Gasteiger partial charge in [0.1, 0.15) is 0 Å². The number of aromatic nitrogens is 3. The first-order valence-corrected chi connectivity index (χ1v) is 6.40. The maximum absolute atomic E-state index is 11.9. The van der Waals surface area contributed by atoms with Crippen LogP contribution in [0.3, 0.4) is 0 Å². The molecule has 0 bridgehead atoms. The fraction of sp³-hybridized carbons (Fsp3) is 0.750. The molecule has 0 amide bonds. The number of nitrogens with zero attached hydrogens (tertiary/aromatic N) is 3. The summed E-state index contributed by atoms with van der Waals surface area (Å²) in [6.07, 6.45) is 1.58. The second-order valence-corrected chi connectivity index (χ2v) is 4.84. The van der Waals surface area contributed by atoms with Gasteiger partial charge in [-0.05, 0) is 12.8 Å². The topological polar surface area (TPSA) is 89.2 Å². The van der Waals surface area contributed by atoms with E-state index in [4.69, 9.17) is 0 Å². The first-order chi connectivity index (χ1) is 8.90. The number of aliphatic hydroxyl groups is 1. The molecule has 1 rings (SSSR count). The Bertz CT molecular complexity index is 535. The van der Waals surface area contributed by atoms with Crippen molar-refractivity contribution in [1.82, 2.24) is 14.3 Å². The van der Waals surface area contributed by atoms with Crippen LogP contribution in [0.1, 0.15) is 26.7 Å². The first-order valence-electron chi connectivity index (χ1n) is 6.40. The van der Waals surface area contributed by atoms with Crippen molar-refractivity contribution in [2.75, 3.05) is 18.5 Å². The summed E-state index contributed by atoms with van der Waals surface area (Å²) in [6.45, 7) is 4.47. The Morgan fingerprint density at radius 3 is 2.32 bits per heavy atom. The number of hydrogen-bond acceptors (Lipinski definition) is 5. The monoisotopic (exact) mass is 270 g/mol. The number of aliphatic hydroxyl groups excluding tert-OH is 1. The molecule has 2 N–H and O–H groups in total. The molecule has 1 heterocycles. The summed E-state index contributed by atoms with van der Waals surface area (Å²) in [4.78, 5) is 23.4. The van der Waals surface area contributed by atoms with Crippen LogP contribution in [0.5, 0.6) is 0 Å². The van der Waals surface area contributed by atoms with Crippen LogP contribution in [0, 0.1) is 5.41 Å². The van der Waals surface area contributed by atoms with Crippen LogP contribution in [-0.2, 0) is 14.1 Å². The van der Waals surface area contributed by atoms with Crippen LogP contribution in [0.4, 0.5) is 5.82 Å². The molecule has 1 aromatic heterocycles. The van der Waals surface area contributed by atoms with E-state index in [0.29, 0.717) is 6.54 Å². The molecule has 0 fully saturated rings. The second kappa shape index (κ2) is 6.01. The first kappa shape index (κ1) is 15.4. The molecule has 7 nitrogen and oxygen atoms in total. The van der Waals surface area contributed by atoms with Crippen molar-refractivity contribution < 1.29 is 5.11 Å². The highest BCUT2D eigenvalue weighted by molar-refractivity contribution is 5.30. The van der Waals surface area contributed by atoms with Crippen molar-refractivity contribution in [1.29, 1.82) is 0 Å². The molecule has 0 unspecified atom stereocenters. The molecule has 0 aromatic carbocycles. The zero-order valence-electron chi connectivity index (χ0n) is 11.9. The number of rotatable bonds is 6. The Morgan fingerprint density at radius 1 is 1.26 bits per heavy atom. The molecule has 19 heavy (non-hydrogen) atoms. The Morgan fingerprint density at radius 2 is 1.84 bits per heavy atom. The van der Waals surface area contributed by atoms with E-state index in [0.717, 1.165) is 22.1 Å². The average Bonchev–Trinajstić information content (AvgIpc) is 2.43. The molecule has 0 aliphatic carbocycles. The standard InChI is InChI=1S/C12H22N4O3/c1-5-12(6-2,8-17)7-13-9-10(18)15(3)11(19)16(4)14-9/h17H,5-8H2,1-4H3,(H,13,14). The van der Waals surface area contributed by atoms with Crippen molar-refractivity contribution in [3.05, 3.63) is 20.8 Å². The van der Waals surface area contributed by atoms with Gasteiger partial charge < -0.3 is 10.4 Å². The van der Waals surface area contributed by atoms with E-state index in [1.807, 2.05) is 13.8 Å². The van der Waals surface area contributed by atoms with Crippen LogP contribution >= 0.6 is 0 Å². The Labute approximate surface area is 111 Å². The molecular formula is C12H22N4O3. The molecule has 0 aliphatic rings. The molecule has 0 saturated heterocycles. The molecule has 0 radical (unpaired) electrons. The lowest BCUT2D eigenvalue weighted by Gasteiger charge is -2.29. The highest BCUT2D eigenvalue weighted by Gasteiger charge is 2.25. The van der Waals surface area contributed by atoms with Gasteiger partial charge in [-0.2, -0.15) is 0 Å². The fourth-order valence-electron chi connectivity index (χ4n) is 1.86. The molecular weight excluding hydrogens is 248 g/mol. The van der Waals surface area contributed by atoms with Gasteiger partial charge >= 0.3 is 5.69 Å². The molecule has 0 saturated carbocycles. The molecule has 0 spiro atoms. The minimum Gasteiger partial charge on any atom is -0.396 e. The van der Waals surface area contributed by atoms with E-state index in [1.54, 1.807) is 0 Å².